The summed E-state index contributed by atoms with van der Waals surface area (Å²) < 4.78 is 2.47. The largest absolute Gasteiger partial charge is 0.309 e. The molecule has 1 aromatic heterocycles. The number of aromatic nitrogens is 1. The van der Waals surface area contributed by atoms with Crippen LogP contribution in [0.15, 0.2) is 285 Å². The molecule has 1 heterocycles. The molecule has 12 aromatic carbocycles. The number of fused-ring (bicyclic) bond motifs is 7. The van der Waals surface area contributed by atoms with Gasteiger partial charge >= 0.3 is 0 Å². The van der Waals surface area contributed by atoms with Crippen molar-refractivity contribution in [3.05, 3.63) is 313 Å². The molecule has 2 aliphatic rings. The van der Waals surface area contributed by atoms with Gasteiger partial charge in [0.2, 0.25) is 0 Å². The van der Waals surface area contributed by atoms with Gasteiger partial charge in [0, 0.05) is 38.8 Å². The van der Waals surface area contributed by atoms with Crippen LogP contribution in [0, 0.1) is 0 Å². The predicted octanol–water partition coefficient (Wildman–Crippen LogP) is 20.8. The van der Waals surface area contributed by atoms with Crippen LogP contribution >= 0.6 is 0 Å². The van der Waals surface area contributed by atoms with Crippen molar-refractivity contribution in [2.45, 2.75) is 43.4 Å². The van der Waals surface area contributed by atoms with E-state index in [1.807, 2.05) is 0 Å². The average Bonchev–Trinajstić information content (AvgIpc) is 4.08. The lowest BCUT2D eigenvalue weighted by Crippen LogP contribution is -2.28. The Balaban J connectivity index is 0.960. The van der Waals surface area contributed by atoms with Crippen molar-refractivity contribution in [2.24, 2.45) is 0 Å². The summed E-state index contributed by atoms with van der Waals surface area (Å²) in [5.41, 5.74) is 22.8. The Morgan fingerprint density at radius 1 is 0.367 bits per heavy atom. The minimum absolute atomic E-state index is 0.484. The number of anilines is 3. The van der Waals surface area contributed by atoms with Crippen molar-refractivity contribution in [3.63, 3.8) is 0 Å². The molecule has 0 bridgehead atoms. The van der Waals surface area contributed by atoms with Crippen molar-refractivity contribution in [2.75, 3.05) is 4.90 Å². The van der Waals surface area contributed by atoms with Crippen molar-refractivity contribution in [1.82, 2.24) is 4.57 Å². The molecular formula is C77H58N2. The van der Waals surface area contributed by atoms with Crippen LogP contribution in [-0.4, -0.2) is 4.57 Å². The molecule has 0 unspecified atom stereocenters. The monoisotopic (exact) mass is 1010 g/mol. The molecule has 2 aliphatic carbocycles. The number of benzene rings is 12. The van der Waals surface area contributed by atoms with E-state index in [9.17, 15) is 0 Å². The van der Waals surface area contributed by atoms with E-state index in [-0.39, 0.29) is 0 Å². The smallest absolute Gasteiger partial charge is 0.0713 e. The first kappa shape index (κ1) is 46.8. The number of hydrogen-bond acceptors (Lipinski definition) is 1. The number of nitrogens with zero attached hydrogens (tertiary/aromatic N) is 2. The minimum Gasteiger partial charge on any atom is -0.309 e. The number of para-hydroxylation sites is 5. The average molecular weight is 1010 g/mol. The fraction of sp³-hybridized carbons (Fsp3) is 0.0909. The van der Waals surface area contributed by atoms with E-state index in [1.54, 1.807) is 0 Å². The van der Waals surface area contributed by atoms with Gasteiger partial charge < -0.3 is 9.47 Å². The molecule has 0 spiro atoms. The molecule has 376 valence electrons. The molecule has 13 aromatic rings. The Morgan fingerprint density at radius 3 is 1.61 bits per heavy atom. The van der Waals surface area contributed by atoms with Gasteiger partial charge in [-0.25, -0.2) is 0 Å². The van der Waals surface area contributed by atoms with Gasteiger partial charge in [-0.2, -0.15) is 0 Å². The van der Waals surface area contributed by atoms with Crippen molar-refractivity contribution in [3.8, 4) is 50.2 Å². The van der Waals surface area contributed by atoms with Gasteiger partial charge in [-0.1, -0.05) is 262 Å². The second-order valence-electron chi connectivity index (χ2n) is 21.6. The first-order chi connectivity index (χ1) is 39.3. The zero-order valence-electron chi connectivity index (χ0n) is 44.1. The van der Waals surface area contributed by atoms with Crippen LogP contribution < -0.4 is 4.90 Å². The van der Waals surface area contributed by atoms with Gasteiger partial charge in [0.25, 0.3) is 0 Å². The summed E-state index contributed by atoms with van der Waals surface area (Å²) in [5, 5.41) is 5.15. The molecule has 2 nitrogen and oxygen atoms in total. The minimum atomic E-state index is -0.484. The quantitative estimate of drug-likeness (QED) is 0.133. The lowest BCUT2D eigenvalue weighted by Gasteiger charge is -2.34. The standard InChI is InChI=1S/C77H58N2/c1-5-25-53(26-6-1)60-39-21-27-55-28-22-41-65(74(55)60)62-35-14-18-46-71(62)78(72-47-19-15-36-63(72)66-42-23-43-67-64-37-16-20-48-73(64)79(76(66)67)58-33-11-4-12-34-58)59-51-49-54(50-52-59)61-40-24-45-70-75(61)68-38-13-17-44-69(68)77(70,56-29-7-2-8-30-56)57-31-9-3-10-32-57/h2-4,7-24,27-53H,1,5-6,25-26H2. The zero-order valence-corrected chi connectivity index (χ0v) is 44.1. The zero-order chi connectivity index (χ0) is 52.3. The van der Waals surface area contributed by atoms with Gasteiger partial charge in [0.1, 0.15) is 0 Å². The van der Waals surface area contributed by atoms with Crippen molar-refractivity contribution >= 4 is 49.6 Å². The topological polar surface area (TPSA) is 8.17 Å². The van der Waals surface area contributed by atoms with Crippen LogP contribution in [0.25, 0.3) is 82.8 Å². The van der Waals surface area contributed by atoms with E-state index in [2.05, 4.69) is 295 Å². The third-order valence-corrected chi connectivity index (χ3v) is 17.5. The fourth-order valence-corrected chi connectivity index (χ4v) is 14.2. The molecule has 0 atom stereocenters. The molecule has 0 N–H and O–H groups in total. The molecule has 1 fully saturated rings. The highest BCUT2D eigenvalue weighted by molar-refractivity contribution is 6.15. The maximum atomic E-state index is 2.55. The van der Waals surface area contributed by atoms with Gasteiger partial charge in [0.15, 0.2) is 0 Å². The van der Waals surface area contributed by atoms with Crippen LogP contribution in [0.5, 0.6) is 0 Å². The van der Waals surface area contributed by atoms with E-state index in [0.717, 1.165) is 28.3 Å². The van der Waals surface area contributed by atoms with Gasteiger partial charge in [-0.05, 0) is 128 Å². The summed E-state index contributed by atoms with van der Waals surface area (Å²) in [5.74, 6) is 0.545. The van der Waals surface area contributed by atoms with Gasteiger partial charge in [0.05, 0.1) is 27.8 Å². The molecule has 0 saturated heterocycles. The molecule has 0 aliphatic heterocycles. The van der Waals surface area contributed by atoms with Crippen molar-refractivity contribution in [1.29, 1.82) is 0 Å². The van der Waals surface area contributed by atoms with E-state index in [1.165, 1.54) is 131 Å². The molecule has 1 saturated carbocycles. The SMILES string of the molecule is c1ccc(-n2c3ccccc3c3cccc(-c4ccccc4N(c4ccc(-c5cccc6c5-c5ccccc5C6(c5ccccc5)c5ccccc5)cc4)c4ccccc4-c4cccc5cccc(C6CCCCC6)c45)c32)cc1. The Morgan fingerprint density at radius 2 is 0.886 bits per heavy atom. The van der Waals surface area contributed by atoms with Crippen LogP contribution in [0.3, 0.4) is 0 Å². The lowest BCUT2D eigenvalue weighted by molar-refractivity contribution is 0.445. The Hall–Kier alpha value is -9.50. The summed E-state index contributed by atoms with van der Waals surface area (Å²) in [6.07, 6.45) is 6.38. The van der Waals surface area contributed by atoms with Crippen molar-refractivity contribution < 1.29 is 0 Å². The first-order valence-electron chi connectivity index (χ1n) is 28.3. The predicted molar refractivity (Wildman–Crippen MR) is 332 cm³/mol. The number of hydrogen-bond donors (Lipinski definition) is 0. The summed E-state index contributed by atoms with van der Waals surface area (Å²) >= 11 is 0. The third kappa shape index (κ3) is 7.54. The van der Waals surface area contributed by atoms with Crippen LogP contribution in [-0.2, 0) is 5.41 Å². The van der Waals surface area contributed by atoms with Crippen LogP contribution in [0.1, 0.15) is 65.8 Å². The second kappa shape index (κ2) is 19.5. The first-order valence-corrected chi connectivity index (χ1v) is 28.3. The van der Waals surface area contributed by atoms with E-state index < -0.39 is 5.41 Å². The van der Waals surface area contributed by atoms with Gasteiger partial charge in [-0.3, -0.25) is 0 Å². The molecule has 15 rings (SSSR count). The Bertz CT molecular complexity index is 4350. The molecular weight excluding hydrogens is 953 g/mol. The van der Waals surface area contributed by atoms with Crippen LogP contribution in [0.2, 0.25) is 0 Å². The maximum Gasteiger partial charge on any atom is 0.0713 e. The summed E-state index contributed by atoms with van der Waals surface area (Å²) in [6, 6.07) is 107. The highest BCUT2D eigenvalue weighted by atomic mass is 15.1. The highest BCUT2D eigenvalue weighted by Crippen LogP contribution is 2.59. The molecule has 0 amide bonds. The Kier molecular flexibility index (Phi) is 11.5. The summed E-state index contributed by atoms with van der Waals surface area (Å²) in [7, 11) is 0. The molecule has 79 heavy (non-hydrogen) atoms. The van der Waals surface area contributed by atoms with Gasteiger partial charge in [-0.15, -0.1) is 0 Å². The highest BCUT2D eigenvalue weighted by Gasteiger charge is 2.46. The Labute approximate surface area is 463 Å². The van der Waals surface area contributed by atoms with E-state index >= 15 is 0 Å². The molecule has 2 heteroatoms. The fourth-order valence-electron chi connectivity index (χ4n) is 14.2. The summed E-state index contributed by atoms with van der Waals surface area (Å²) in [4.78, 5) is 2.55. The summed E-state index contributed by atoms with van der Waals surface area (Å²) in [6.45, 7) is 0. The maximum absolute atomic E-state index is 2.55. The lowest BCUT2D eigenvalue weighted by atomic mass is 9.67. The van der Waals surface area contributed by atoms with Crippen LogP contribution in [0.4, 0.5) is 17.1 Å². The second-order valence-corrected chi connectivity index (χ2v) is 21.6. The third-order valence-electron chi connectivity index (χ3n) is 17.5. The normalized spacial score (nSPS) is 13.9. The van der Waals surface area contributed by atoms with E-state index in [4.69, 9.17) is 0 Å². The molecule has 0 radical (unpaired) electrons. The van der Waals surface area contributed by atoms with E-state index in [0.29, 0.717) is 5.92 Å². The number of rotatable bonds is 10.